The Balaban J connectivity index is 0.979. The maximum absolute atomic E-state index is 14.4. The van der Waals surface area contributed by atoms with Crippen molar-refractivity contribution in [1.82, 2.24) is 24.7 Å². The van der Waals surface area contributed by atoms with Crippen molar-refractivity contribution < 1.29 is 39.6 Å². The van der Waals surface area contributed by atoms with Gasteiger partial charge in [0.2, 0.25) is 5.91 Å². The lowest BCUT2D eigenvalue weighted by Gasteiger charge is -2.41. The summed E-state index contributed by atoms with van der Waals surface area (Å²) in [6.45, 7) is 16.0. The van der Waals surface area contributed by atoms with Crippen LogP contribution in [0.2, 0.25) is 0 Å². The predicted octanol–water partition coefficient (Wildman–Crippen LogP) is 8.97. The first-order valence-electron chi connectivity index (χ1n) is 25.8. The molecule has 2 aliphatic carbocycles. The van der Waals surface area contributed by atoms with E-state index in [4.69, 9.17) is 0 Å². The third kappa shape index (κ3) is 15.4. The second kappa shape index (κ2) is 25.0. The zero-order valence-corrected chi connectivity index (χ0v) is 45.3. The second-order valence-electron chi connectivity index (χ2n) is 20.8. The number of nitrogens with zero attached hydrogens (tertiary/aromatic N) is 4. The van der Waals surface area contributed by atoms with Crippen molar-refractivity contribution in [3.05, 3.63) is 101 Å². The molecular weight excluding hydrogens is 996 g/mol. The van der Waals surface area contributed by atoms with E-state index in [0.717, 1.165) is 120 Å². The van der Waals surface area contributed by atoms with Crippen molar-refractivity contribution >= 4 is 54.8 Å². The highest BCUT2D eigenvalue weighted by atomic mass is 32.2. The van der Waals surface area contributed by atoms with Crippen LogP contribution in [-0.2, 0) is 24.7 Å². The largest absolute Gasteiger partial charge is 0.501 e. The molecule has 0 bridgehead atoms. The van der Waals surface area contributed by atoms with Gasteiger partial charge in [0, 0.05) is 107 Å². The summed E-state index contributed by atoms with van der Waals surface area (Å²) in [4.78, 5) is 33.2. The van der Waals surface area contributed by atoms with E-state index in [2.05, 4.69) is 57.1 Å². The molecule has 2 heterocycles. The Bertz CT molecular complexity index is 2650. The van der Waals surface area contributed by atoms with Gasteiger partial charge in [0.15, 0.2) is 0 Å². The van der Waals surface area contributed by atoms with Crippen LogP contribution in [0.1, 0.15) is 95.3 Å². The third-order valence-corrected chi connectivity index (χ3v) is 18.9. The van der Waals surface area contributed by atoms with Crippen LogP contribution in [0.3, 0.4) is 0 Å². The summed E-state index contributed by atoms with van der Waals surface area (Å²) in [7, 11) is -9.29. The summed E-state index contributed by atoms with van der Waals surface area (Å²) < 4.78 is 98.9. The highest BCUT2D eigenvalue weighted by molar-refractivity contribution is 7.99. The van der Waals surface area contributed by atoms with Gasteiger partial charge in [-0.2, -0.15) is 13.2 Å². The number of carbonyl (C=O) groups excluding carboxylic acids is 2. The molecule has 0 aromatic heterocycles. The molecule has 3 aromatic carbocycles. The Morgan fingerprint density at radius 2 is 1.49 bits per heavy atom. The summed E-state index contributed by atoms with van der Waals surface area (Å²) in [6, 6.07) is 17.9. The molecule has 2 fully saturated rings. The van der Waals surface area contributed by atoms with Gasteiger partial charge < -0.3 is 25.3 Å². The fraction of sp³-hybridized carbons (Fsp3) is 0.556. The Kier molecular flexibility index (Phi) is 19.3. The lowest BCUT2D eigenvalue weighted by atomic mass is 9.68. The highest BCUT2D eigenvalue weighted by Crippen LogP contribution is 2.46. The van der Waals surface area contributed by atoms with Crippen LogP contribution in [0, 0.1) is 11.3 Å². The first-order valence-corrected chi connectivity index (χ1v) is 29.8. The van der Waals surface area contributed by atoms with Gasteiger partial charge >= 0.3 is 5.51 Å². The number of hydrogen-bond donors (Lipinski definition) is 3. The molecule has 400 valence electrons. The molecular formula is C54H74F3N7O6S3. The molecule has 2 amide bonds. The molecule has 2 aliphatic heterocycles. The zero-order valence-electron chi connectivity index (χ0n) is 42.8. The summed E-state index contributed by atoms with van der Waals surface area (Å²) in [5, 5.41) is 5.70. The van der Waals surface area contributed by atoms with Crippen molar-refractivity contribution in [1.29, 1.82) is 0 Å². The smallest absolute Gasteiger partial charge is 0.380 e. The molecule has 0 radical (unpaired) electrons. The third-order valence-electron chi connectivity index (χ3n) is 14.9. The van der Waals surface area contributed by atoms with Crippen LogP contribution in [0.5, 0.6) is 0 Å². The van der Waals surface area contributed by atoms with Gasteiger partial charge in [-0.1, -0.05) is 57.0 Å². The number of unbranched alkanes of at least 4 members (excludes halogenated alkanes) is 2. The monoisotopic (exact) mass is 1070 g/mol. The van der Waals surface area contributed by atoms with Crippen LogP contribution < -0.4 is 20.3 Å². The van der Waals surface area contributed by atoms with Crippen molar-refractivity contribution in [3.8, 4) is 0 Å². The molecule has 7 rings (SSSR count). The molecule has 3 aromatic rings. The SMILES string of the molecule is CCC1C=C(C2=C(CN3CCN(c4ccc(C(=O)NS(=O)(=O)c5ccc(N[C@H](CCN6CCN(CCCCCC(=O)NC)CC6)CSc6ccccc6)c(S(=O)(=O)C(F)(F)F)c5)cc4)CC3)CCC(C)(C)C2)C1. The van der Waals surface area contributed by atoms with Crippen LogP contribution in [-0.4, -0.2) is 140 Å². The maximum atomic E-state index is 14.4. The lowest BCUT2D eigenvalue weighted by Crippen LogP contribution is -2.47. The van der Waals surface area contributed by atoms with Crippen LogP contribution in [0.25, 0.3) is 0 Å². The number of sulfone groups is 1. The van der Waals surface area contributed by atoms with Crippen LogP contribution in [0.4, 0.5) is 24.5 Å². The number of piperazine rings is 2. The van der Waals surface area contributed by atoms with E-state index in [-0.39, 0.29) is 11.5 Å². The van der Waals surface area contributed by atoms with Gasteiger partial charge in [-0.25, -0.2) is 21.6 Å². The lowest BCUT2D eigenvalue weighted by molar-refractivity contribution is -0.120. The number of allylic oxidation sites excluding steroid dienone is 3. The van der Waals surface area contributed by atoms with Crippen molar-refractivity contribution in [3.63, 3.8) is 0 Å². The molecule has 2 saturated heterocycles. The first kappa shape index (κ1) is 56.3. The van der Waals surface area contributed by atoms with Gasteiger partial charge in [-0.3, -0.25) is 14.5 Å². The van der Waals surface area contributed by atoms with E-state index in [1.807, 2.05) is 35.1 Å². The number of anilines is 2. The number of benzene rings is 3. The normalized spacial score (nSPS) is 19.7. The predicted molar refractivity (Wildman–Crippen MR) is 285 cm³/mol. The summed E-state index contributed by atoms with van der Waals surface area (Å²) in [6.07, 6.45) is 12.0. The number of hydrogen-bond acceptors (Lipinski definition) is 12. The molecule has 0 saturated carbocycles. The average molecular weight is 1070 g/mol. The Morgan fingerprint density at radius 1 is 0.836 bits per heavy atom. The van der Waals surface area contributed by atoms with E-state index >= 15 is 0 Å². The average Bonchev–Trinajstić information content (AvgIpc) is 3.35. The van der Waals surface area contributed by atoms with Crippen LogP contribution >= 0.6 is 11.8 Å². The van der Waals surface area contributed by atoms with E-state index in [0.29, 0.717) is 42.5 Å². The quantitative estimate of drug-likeness (QED) is 0.0615. The Hall–Kier alpha value is -4.40. The van der Waals surface area contributed by atoms with Gasteiger partial charge in [0.25, 0.3) is 25.8 Å². The number of nitrogens with one attached hydrogen (secondary N) is 3. The summed E-state index contributed by atoms with van der Waals surface area (Å²) >= 11 is 1.46. The second-order valence-corrected chi connectivity index (χ2v) is 25.4. The first-order chi connectivity index (χ1) is 34.7. The zero-order chi connectivity index (χ0) is 52.4. The van der Waals surface area contributed by atoms with Crippen molar-refractivity contribution in [2.75, 3.05) is 95.0 Å². The maximum Gasteiger partial charge on any atom is 0.501 e. The molecule has 0 spiro atoms. The molecule has 19 heteroatoms. The van der Waals surface area contributed by atoms with E-state index in [9.17, 15) is 39.6 Å². The van der Waals surface area contributed by atoms with E-state index in [1.165, 1.54) is 43.2 Å². The van der Waals surface area contributed by atoms with E-state index < -0.39 is 52.8 Å². The fourth-order valence-corrected chi connectivity index (χ4v) is 13.1. The number of alkyl halides is 3. The summed E-state index contributed by atoms with van der Waals surface area (Å²) in [5.74, 6) is 0.0896. The minimum absolute atomic E-state index is 0.0114. The molecule has 73 heavy (non-hydrogen) atoms. The molecule has 3 N–H and O–H groups in total. The number of thioether (sulfide) groups is 1. The topological polar surface area (TPSA) is 151 Å². The molecule has 1 unspecified atom stereocenters. The van der Waals surface area contributed by atoms with Crippen molar-refractivity contribution in [2.45, 2.75) is 111 Å². The number of halogens is 3. The minimum Gasteiger partial charge on any atom is -0.380 e. The fourth-order valence-electron chi connectivity index (χ4n) is 10.1. The minimum atomic E-state index is -6.08. The van der Waals surface area contributed by atoms with Gasteiger partial charge in [-0.05, 0) is 135 Å². The highest BCUT2D eigenvalue weighted by Gasteiger charge is 2.48. The number of rotatable bonds is 23. The standard InChI is InChI=1S/C54H74F3N7O6S3/c1-5-40-34-43(35-40)48-37-53(2,3)23-21-42(48)38-63-30-32-64(33-31-63)45-17-15-41(16-18-45)52(66)60-73(69,70)47-19-20-49(50(36-47)72(67,68)54(55,56)57)59-44(39-71-46-12-8-6-9-13-46)22-25-62-28-26-61(27-29-62)24-11-7-10-14-51(65)58-4/h6,8-9,12-13,15-20,34,36,40,44,59H,5,7,10-11,14,21-33,35,37-39H2,1-4H3,(H,58,65)(H,60,66)/t40?,44-/m1/s1. The van der Waals surface area contributed by atoms with E-state index in [1.54, 1.807) is 35.9 Å². The summed E-state index contributed by atoms with van der Waals surface area (Å²) in [5.41, 5.74) is -0.269. The molecule has 13 nitrogen and oxygen atoms in total. The van der Waals surface area contributed by atoms with Gasteiger partial charge in [0.05, 0.1) is 10.6 Å². The molecule has 2 atom stereocenters. The number of sulfonamides is 1. The number of carbonyl (C=O) groups is 2. The number of amides is 2. The van der Waals surface area contributed by atoms with Crippen LogP contribution in [0.15, 0.2) is 110 Å². The Morgan fingerprint density at radius 3 is 2.14 bits per heavy atom. The molecule has 4 aliphatic rings. The van der Waals surface area contributed by atoms with Crippen molar-refractivity contribution in [2.24, 2.45) is 11.3 Å². The Labute approximate surface area is 435 Å². The van der Waals surface area contributed by atoms with Gasteiger partial charge in [-0.15, -0.1) is 11.8 Å². The van der Waals surface area contributed by atoms with Gasteiger partial charge in [0.1, 0.15) is 4.90 Å².